The van der Waals surface area contributed by atoms with Crippen LogP contribution in [0.25, 0.3) is 0 Å². The van der Waals surface area contributed by atoms with Crippen molar-refractivity contribution in [2.24, 2.45) is 5.10 Å². The van der Waals surface area contributed by atoms with Gasteiger partial charge in [0, 0.05) is 11.1 Å². The molecular formula is C22H24ClN3O3S. The van der Waals surface area contributed by atoms with Crippen LogP contribution in [0.4, 0.5) is 0 Å². The minimum Gasteiger partial charge on any atom is -0.493 e. The highest BCUT2D eigenvalue weighted by molar-refractivity contribution is 7.80. The maximum Gasteiger partial charge on any atom is 0.343 e. The molecule has 1 fully saturated rings. The number of rotatable bonds is 6. The molecule has 1 aliphatic carbocycles. The van der Waals surface area contributed by atoms with E-state index < -0.39 is 5.97 Å². The van der Waals surface area contributed by atoms with Crippen LogP contribution in [-0.4, -0.2) is 30.4 Å². The Morgan fingerprint density at radius 1 is 1.13 bits per heavy atom. The van der Waals surface area contributed by atoms with Gasteiger partial charge < -0.3 is 14.8 Å². The van der Waals surface area contributed by atoms with Crippen molar-refractivity contribution in [3.8, 4) is 11.5 Å². The maximum atomic E-state index is 12.3. The van der Waals surface area contributed by atoms with Crippen LogP contribution in [0, 0.1) is 0 Å². The molecule has 0 heterocycles. The third-order valence-corrected chi connectivity index (χ3v) is 5.25. The molecule has 0 bridgehead atoms. The number of hydrogen-bond donors (Lipinski definition) is 2. The summed E-state index contributed by atoms with van der Waals surface area (Å²) in [6.07, 6.45) is 7.67. The quantitative estimate of drug-likeness (QED) is 0.221. The number of benzene rings is 2. The number of methoxy groups -OCH3 is 1. The van der Waals surface area contributed by atoms with Crippen molar-refractivity contribution in [2.45, 2.75) is 38.1 Å². The Labute approximate surface area is 186 Å². The molecule has 3 rings (SSSR count). The van der Waals surface area contributed by atoms with Crippen molar-refractivity contribution in [1.82, 2.24) is 10.7 Å². The molecule has 0 amide bonds. The molecule has 0 atom stereocenters. The Morgan fingerprint density at radius 3 is 2.57 bits per heavy atom. The number of hydrogen-bond acceptors (Lipinski definition) is 5. The van der Waals surface area contributed by atoms with Crippen molar-refractivity contribution in [3.63, 3.8) is 0 Å². The minimum absolute atomic E-state index is 0.317. The van der Waals surface area contributed by atoms with E-state index in [1.54, 1.807) is 48.7 Å². The van der Waals surface area contributed by atoms with Gasteiger partial charge in [0.05, 0.1) is 18.9 Å². The average molecular weight is 446 g/mol. The van der Waals surface area contributed by atoms with Crippen LogP contribution in [0.15, 0.2) is 47.6 Å². The van der Waals surface area contributed by atoms with E-state index in [-0.39, 0.29) is 0 Å². The van der Waals surface area contributed by atoms with E-state index in [9.17, 15) is 4.79 Å². The molecule has 0 saturated heterocycles. The summed E-state index contributed by atoms with van der Waals surface area (Å²) in [5.74, 6) is 0.244. The topological polar surface area (TPSA) is 71.9 Å². The molecule has 30 heavy (non-hydrogen) atoms. The Hall–Kier alpha value is -2.64. The Bertz CT molecular complexity index is 912. The van der Waals surface area contributed by atoms with Crippen LogP contribution in [0.2, 0.25) is 5.02 Å². The lowest BCUT2D eigenvalue weighted by atomic mass is 9.96. The monoisotopic (exact) mass is 445 g/mol. The molecule has 0 unspecified atom stereocenters. The number of hydrazone groups is 1. The lowest BCUT2D eigenvalue weighted by molar-refractivity contribution is 0.0729. The van der Waals surface area contributed by atoms with E-state index >= 15 is 0 Å². The van der Waals surface area contributed by atoms with Crippen molar-refractivity contribution in [3.05, 3.63) is 58.6 Å². The maximum absolute atomic E-state index is 12.3. The number of thiocarbonyl (C=S) groups is 1. The molecule has 2 aromatic rings. The van der Waals surface area contributed by atoms with Crippen LogP contribution < -0.4 is 20.2 Å². The second-order valence-corrected chi connectivity index (χ2v) is 7.83. The molecule has 0 aromatic heterocycles. The van der Waals surface area contributed by atoms with E-state index in [0.717, 1.165) is 18.4 Å². The highest BCUT2D eigenvalue weighted by Gasteiger charge is 2.14. The molecule has 1 aliphatic rings. The lowest BCUT2D eigenvalue weighted by Gasteiger charge is -2.23. The predicted molar refractivity (Wildman–Crippen MR) is 123 cm³/mol. The van der Waals surface area contributed by atoms with Crippen LogP contribution in [-0.2, 0) is 0 Å². The predicted octanol–water partition coefficient (Wildman–Crippen LogP) is 4.70. The van der Waals surface area contributed by atoms with Crippen LogP contribution >= 0.6 is 23.8 Å². The van der Waals surface area contributed by atoms with Gasteiger partial charge in [-0.3, -0.25) is 5.43 Å². The standard InChI is InChI=1S/C22H24ClN3O3S/c1-28-20-13-15(14-24-26-22(30)25-18-5-3-2-4-6-18)7-12-19(20)29-21(27)16-8-10-17(23)11-9-16/h7-14,18H,2-6H2,1H3,(H2,25,26,30). The second-order valence-electron chi connectivity index (χ2n) is 6.99. The van der Waals surface area contributed by atoms with Gasteiger partial charge in [-0.15, -0.1) is 0 Å². The van der Waals surface area contributed by atoms with Crippen LogP contribution in [0.5, 0.6) is 11.5 Å². The highest BCUT2D eigenvalue weighted by Crippen LogP contribution is 2.28. The fourth-order valence-corrected chi connectivity index (χ4v) is 3.57. The Morgan fingerprint density at radius 2 is 1.87 bits per heavy atom. The lowest BCUT2D eigenvalue weighted by Crippen LogP contribution is -2.40. The first-order valence-electron chi connectivity index (χ1n) is 9.80. The molecule has 8 heteroatoms. The first-order valence-corrected chi connectivity index (χ1v) is 10.6. The summed E-state index contributed by atoms with van der Waals surface area (Å²) in [6, 6.07) is 12.1. The molecule has 6 nitrogen and oxygen atoms in total. The summed E-state index contributed by atoms with van der Waals surface area (Å²) in [5, 5.41) is 8.53. The van der Waals surface area contributed by atoms with Crippen molar-refractivity contribution < 1.29 is 14.3 Å². The molecule has 1 saturated carbocycles. The minimum atomic E-state index is -0.493. The molecule has 0 aliphatic heterocycles. The van der Waals surface area contributed by atoms with Gasteiger partial charge >= 0.3 is 5.97 Å². The summed E-state index contributed by atoms with van der Waals surface area (Å²) in [4.78, 5) is 12.3. The molecule has 0 radical (unpaired) electrons. The smallest absolute Gasteiger partial charge is 0.343 e. The van der Waals surface area contributed by atoms with Gasteiger partial charge in [0.25, 0.3) is 0 Å². The van der Waals surface area contributed by atoms with Gasteiger partial charge in [0.15, 0.2) is 16.6 Å². The molecule has 158 valence electrons. The Kier molecular flexibility index (Phi) is 8.04. The molecular weight excluding hydrogens is 422 g/mol. The normalized spacial score (nSPS) is 14.3. The zero-order chi connectivity index (χ0) is 21.3. The van der Waals surface area contributed by atoms with Gasteiger partial charge in [0.2, 0.25) is 0 Å². The number of nitrogens with one attached hydrogen (secondary N) is 2. The molecule has 2 N–H and O–H groups in total. The van der Waals surface area contributed by atoms with E-state index in [4.69, 9.17) is 33.3 Å². The number of halogens is 1. The van der Waals surface area contributed by atoms with Gasteiger partial charge in [-0.25, -0.2) is 4.79 Å². The summed E-state index contributed by atoms with van der Waals surface area (Å²) in [7, 11) is 1.51. The van der Waals surface area contributed by atoms with E-state index in [1.807, 2.05) is 0 Å². The van der Waals surface area contributed by atoms with Crippen LogP contribution in [0.3, 0.4) is 0 Å². The highest BCUT2D eigenvalue weighted by atomic mass is 35.5. The third-order valence-electron chi connectivity index (χ3n) is 4.79. The van der Waals surface area contributed by atoms with E-state index in [2.05, 4.69) is 15.8 Å². The molecule has 2 aromatic carbocycles. The third kappa shape index (κ3) is 6.43. The SMILES string of the molecule is COc1cc(C=NNC(=S)NC2CCCCC2)ccc1OC(=O)c1ccc(Cl)cc1. The zero-order valence-electron chi connectivity index (χ0n) is 16.7. The largest absolute Gasteiger partial charge is 0.493 e. The van der Waals surface area contributed by atoms with Crippen molar-refractivity contribution >= 4 is 41.1 Å². The number of esters is 1. The summed E-state index contributed by atoms with van der Waals surface area (Å²) in [6.45, 7) is 0. The van der Waals surface area contributed by atoms with Crippen molar-refractivity contribution in [2.75, 3.05) is 7.11 Å². The summed E-state index contributed by atoms with van der Waals surface area (Å²) < 4.78 is 10.8. The molecule has 0 spiro atoms. The number of ether oxygens (including phenoxy) is 2. The second kappa shape index (κ2) is 10.9. The first-order chi connectivity index (χ1) is 14.5. The number of carbonyl (C=O) groups excluding carboxylic acids is 1. The van der Waals surface area contributed by atoms with Crippen molar-refractivity contribution in [1.29, 1.82) is 0 Å². The fourth-order valence-electron chi connectivity index (χ4n) is 3.22. The van der Waals surface area contributed by atoms with Gasteiger partial charge in [-0.05, 0) is 73.1 Å². The summed E-state index contributed by atoms with van der Waals surface area (Å²) in [5.41, 5.74) is 4.01. The Balaban J connectivity index is 1.57. The van der Waals surface area contributed by atoms with E-state index in [0.29, 0.717) is 33.2 Å². The zero-order valence-corrected chi connectivity index (χ0v) is 18.3. The average Bonchev–Trinajstić information content (AvgIpc) is 2.75. The summed E-state index contributed by atoms with van der Waals surface area (Å²) >= 11 is 11.1. The van der Waals surface area contributed by atoms with Gasteiger partial charge in [-0.1, -0.05) is 30.9 Å². The van der Waals surface area contributed by atoms with Crippen LogP contribution in [0.1, 0.15) is 48.0 Å². The fraction of sp³-hybridized carbons (Fsp3) is 0.318. The van der Waals surface area contributed by atoms with E-state index in [1.165, 1.54) is 26.4 Å². The number of nitrogens with zero attached hydrogens (tertiary/aromatic N) is 1. The van der Waals surface area contributed by atoms with Gasteiger partial charge in [-0.2, -0.15) is 5.10 Å². The van der Waals surface area contributed by atoms with Gasteiger partial charge in [0.1, 0.15) is 0 Å². The first kappa shape index (κ1) is 22.1. The number of carbonyl (C=O) groups is 1.